The molecule has 5 aromatic heterocycles. The third kappa shape index (κ3) is 6.70. The van der Waals surface area contributed by atoms with Gasteiger partial charge in [0.15, 0.2) is 17.5 Å². The molecule has 0 atom stereocenters. The normalized spacial score (nSPS) is 11.8. The predicted molar refractivity (Wildman–Crippen MR) is 285 cm³/mol. The number of hydrogen-bond acceptors (Lipinski definition) is 6. The Hall–Kier alpha value is -9.04. The van der Waals surface area contributed by atoms with Crippen LogP contribution >= 0.6 is 11.3 Å². The van der Waals surface area contributed by atoms with Crippen LogP contribution in [-0.2, 0) is 0 Å². The Balaban J connectivity index is 0.878. The van der Waals surface area contributed by atoms with E-state index in [2.05, 4.69) is 205 Å². The molecule has 0 aliphatic rings. The van der Waals surface area contributed by atoms with Gasteiger partial charge in [0.25, 0.3) is 0 Å². The van der Waals surface area contributed by atoms with Crippen molar-refractivity contribution in [1.82, 2.24) is 24.5 Å². The van der Waals surface area contributed by atoms with E-state index in [1.165, 1.54) is 53.2 Å². The van der Waals surface area contributed by atoms with Crippen LogP contribution in [0.5, 0.6) is 0 Å². The van der Waals surface area contributed by atoms with Crippen LogP contribution in [0.15, 0.2) is 229 Å². The van der Waals surface area contributed by atoms with Crippen LogP contribution in [0.4, 0.5) is 0 Å². The molecule has 0 saturated heterocycles. The highest BCUT2D eigenvalue weighted by Crippen LogP contribution is 2.39. The Bertz CT molecular complexity index is 4320. The number of aromatic nitrogens is 5. The first-order chi connectivity index (χ1) is 34.1. The van der Waals surface area contributed by atoms with Gasteiger partial charge in [-0.1, -0.05) is 164 Å². The topological polar surface area (TPSA) is 69.6 Å². The van der Waals surface area contributed by atoms with Crippen molar-refractivity contribution in [3.8, 4) is 73.2 Å². The standard InChI is InChI=1S/C62H37N5OS/c1-2-12-38(13-3-1)39-24-26-40(27-25-39)43-28-30-49-48-18-4-7-21-54(48)67(55(49)35-43)47-17-11-15-42(33-47)41-14-10-16-44(32-41)59-64-60(45-29-31-52-51-20-6-9-23-57(51)69-58(52)36-45)66-61(65-59)46-34-53-50-19-5-8-22-56(50)68-62(53)63-37-46/h1-37H. The summed E-state index contributed by atoms with van der Waals surface area (Å²) in [5.74, 6) is 1.71. The van der Waals surface area contributed by atoms with Gasteiger partial charge < -0.3 is 8.98 Å². The zero-order valence-electron chi connectivity index (χ0n) is 36.9. The first kappa shape index (κ1) is 39.2. The number of para-hydroxylation sites is 2. The molecular formula is C62H37N5OS. The lowest BCUT2D eigenvalue weighted by Gasteiger charge is -2.12. The summed E-state index contributed by atoms with van der Waals surface area (Å²) in [4.78, 5) is 20.3. The Morgan fingerprint density at radius 1 is 0.333 bits per heavy atom. The molecule has 14 aromatic rings. The van der Waals surface area contributed by atoms with Crippen molar-refractivity contribution in [3.63, 3.8) is 0 Å². The summed E-state index contributed by atoms with van der Waals surface area (Å²) in [5.41, 5.74) is 14.2. The quantitative estimate of drug-likeness (QED) is 0.159. The third-order valence-electron chi connectivity index (χ3n) is 13.3. The van der Waals surface area contributed by atoms with Crippen molar-refractivity contribution in [2.24, 2.45) is 0 Å². The molecule has 0 N–H and O–H groups in total. The minimum Gasteiger partial charge on any atom is -0.438 e. The highest BCUT2D eigenvalue weighted by atomic mass is 32.1. The maximum absolute atomic E-state index is 6.10. The van der Waals surface area contributed by atoms with Gasteiger partial charge in [-0.25, -0.2) is 19.9 Å². The van der Waals surface area contributed by atoms with Crippen LogP contribution < -0.4 is 0 Å². The Labute approximate surface area is 400 Å². The summed E-state index contributed by atoms with van der Waals surface area (Å²) in [5, 5.41) is 6.82. The lowest BCUT2D eigenvalue weighted by molar-refractivity contribution is 0.654. The number of fused-ring (bicyclic) bond motifs is 9. The summed E-state index contributed by atoms with van der Waals surface area (Å²) in [6.07, 6.45) is 1.80. The molecule has 7 heteroatoms. The molecule has 0 saturated carbocycles. The fourth-order valence-corrected chi connectivity index (χ4v) is 11.1. The van der Waals surface area contributed by atoms with Gasteiger partial charge in [0.1, 0.15) is 5.58 Å². The van der Waals surface area contributed by atoms with E-state index in [0.29, 0.717) is 23.2 Å². The van der Waals surface area contributed by atoms with Gasteiger partial charge in [-0.05, 0) is 88.0 Å². The molecule has 14 rings (SSSR count). The molecule has 0 bridgehead atoms. The van der Waals surface area contributed by atoms with Crippen molar-refractivity contribution in [2.75, 3.05) is 0 Å². The predicted octanol–water partition coefficient (Wildman–Crippen LogP) is 16.6. The molecule has 69 heavy (non-hydrogen) atoms. The summed E-state index contributed by atoms with van der Waals surface area (Å²) >= 11 is 1.78. The average molecular weight is 900 g/mol. The number of thiophene rings is 1. The lowest BCUT2D eigenvalue weighted by Crippen LogP contribution is -2.00. The van der Waals surface area contributed by atoms with Gasteiger partial charge in [-0.3, -0.25) is 0 Å². The minimum atomic E-state index is 0.538. The lowest BCUT2D eigenvalue weighted by atomic mass is 9.99. The molecule has 0 unspecified atom stereocenters. The summed E-state index contributed by atoms with van der Waals surface area (Å²) in [7, 11) is 0. The monoisotopic (exact) mass is 899 g/mol. The SMILES string of the molecule is c1ccc(-c2ccc(-c3ccc4c5ccccc5n(-c5cccc(-c6cccc(-c7nc(-c8ccc9c(c8)sc8ccccc89)nc(-c8cnc9oc%10ccccc%10c9c8)n7)c6)c5)c4c3)cc2)cc1. The van der Waals surface area contributed by atoms with Crippen molar-refractivity contribution in [2.45, 2.75) is 0 Å². The number of furan rings is 1. The average Bonchev–Trinajstić information content (AvgIpc) is 4.10. The second kappa shape index (κ2) is 15.8. The minimum absolute atomic E-state index is 0.538. The molecule has 0 spiro atoms. The number of pyridine rings is 1. The zero-order chi connectivity index (χ0) is 45.4. The van der Waals surface area contributed by atoms with Gasteiger partial charge in [-0.15, -0.1) is 11.3 Å². The molecule has 9 aromatic carbocycles. The molecule has 0 aliphatic heterocycles. The van der Waals surface area contributed by atoms with Gasteiger partial charge in [0.05, 0.1) is 11.0 Å². The van der Waals surface area contributed by atoms with E-state index in [1.807, 2.05) is 18.2 Å². The van der Waals surface area contributed by atoms with Crippen LogP contribution in [-0.4, -0.2) is 24.5 Å². The van der Waals surface area contributed by atoms with Crippen molar-refractivity contribution < 1.29 is 4.42 Å². The van der Waals surface area contributed by atoms with Crippen molar-refractivity contribution in [1.29, 1.82) is 0 Å². The largest absolute Gasteiger partial charge is 0.438 e. The molecule has 5 heterocycles. The molecule has 0 amide bonds. The van der Waals surface area contributed by atoms with E-state index in [1.54, 1.807) is 17.5 Å². The van der Waals surface area contributed by atoms with Gasteiger partial charge in [-0.2, -0.15) is 0 Å². The third-order valence-corrected chi connectivity index (χ3v) is 14.5. The molecule has 6 nitrogen and oxygen atoms in total. The van der Waals surface area contributed by atoms with Crippen LogP contribution in [0, 0.1) is 0 Å². The van der Waals surface area contributed by atoms with E-state index < -0.39 is 0 Å². The molecule has 322 valence electrons. The van der Waals surface area contributed by atoms with Crippen LogP contribution in [0.2, 0.25) is 0 Å². The van der Waals surface area contributed by atoms with E-state index in [-0.39, 0.29) is 0 Å². The molecular weight excluding hydrogens is 863 g/mol. The maximum Gasteiger partial charge on any atom is 0.227 e. The van der Waals surface area contributed by atoms with Crippen LogP contribution in [0.25, 0.3) is 137 Å². The fourth-order valence-electron chi connectivity index (χ4n) is 9.94. The Kier molecular flexibility index (Phi) is 8.97. The van der Waals surface area contributed by atoms with E-state index >= 15 is 0 Å². The molecule has 0 aliphatic carbocycles. The number of nitrogens with zero attached hydrogens (tertiary/aromatic N) is 5. The van der Waals surface area contributed by atoms with Gasteiger partial charge in [0, 0.05) is 70.3 Å². The Morgan fingerprint density at radius 3 is 1.72 bits per heavy atom. The molecule has 0 radical (unpaired) electrons. The number of rotatable bonds is 7. The fraction of sp³-hybridized carbons (Fsp3) is 0. The van der Waals surface area contributed by atoms with Crippen molar-refractivity contribution >= 4 is 75.4 Å². The maximum atomic E-state index is 6.10. The van der Waals surface area contributed by atoms with Crippen molar-refractivity contribution in [3.05, 3.63) is 225 Å². The summed E-state index contributed by atoms with van der Waals surface area (Å²) in [6.45, 7) is 0. The van der Waals surface area contributed by atoms with Crippen LogP contribution in [0.3, 0.4) is 0 Å². The van der Waals surface area contributed by atoms with E-state index in [0.717, 1.165) is 60.9 Å². The second-order valence-electron chi connectivity index (χ2n) is 17.4. The highest BCUT2D eigenvalue weighted by Gasteiger charge is 2.18. The number of benzene rings is 9. The highest BCUT2D eigenvalue weighted by molar-refractivity contribution is 7.25. The summed E-state index contributed by atoms with van der Waals surface area (Å²) < 4.78 is 10.9. The van der Waals surface area contributed by atoms with Gasteiger partial charge in [0.2, 0.25) is 5.71 Å². The summed E-state index contributed by atoms with van der Waals surface area (Å²) in [6, 6.07) is 77.4. The first-order valence-electron chi connectivity index (χ1n) is 23.0. The van der Waals surface area contributed by atoms with Crippen LogP contribution in [0.1, 0.15) is 0 Å². The van der Waals surface area contributed by atoms with E-state index in [4.69, 9.17) is 24.4 Å². The smallest absolute Gasteiger partial charge is 0.227 e. The van der Waals surface area contributed by atoms with E-state index in [9.17, 15) is 0 Å². The Morgan fingerprint density at radius 2 is 0.884 bits per heavy atom. The van der Waals surface area contributed by atoms with Gasteiger partial charge >= 0.3 is 0 Å². The zero-order valence-corrected chi connectivity index (χ0v) is 37.7. The molecule has 0 fully saturated rings. The first-order valence-corrected chi connectivity index (χ1v) is 23.8. The number of hydrogen-bond donors (Lipinski definition) is 0. The second-order valence-corrected chi connectivity index (χ2v) is 18.5.